The van der Waals surface area contributed by atoms with Crippen LogP contribution in [0, 0.1) is 5.82 Å². The molecule has 0 aromatic heterocycles. The lowest BCUT2D eigenvalue weighted by Gasteiger charge is -2.30. The van der Waals surface area contributed by atoms with Crippen LogP contribution in [0.15, 0.2) is 18.2 Å². The van der Waals surface area contributed by atoms with Gasteiger partial charge in [0.1, 0.15) is 10.8 Å². The fourth-order valence-corrected chi connectivity index (χ4v) is 2.81. The van der Waals surface area contributed by atoms with Crippen molar-refractivity contribution in [2.24, 2.45) is 11.5 Å². The van der Waals surface area contributed by atoms with Crippen LogP contribution in [0.25, 0.3) is 0 Å². The summed E-state index contributed by atoms with van der Waals surface area (Å²) in [4.78, 5) is 13.2. The number of nitrogens with two attached hydrogens (primary N) is 2. The summed E-state index contributed by atoms with van der Waals surface area (Å²) in [6.07, 6.45) is 4.08. The van der Waals surface area contributed by atoms with Gasteiger partial charge in [0.15, 0.2) is 0 Å². The van der Waals surface area contributed by atoms with Crippen LogP contribution < -0.4 is 16.4 Å². The zero-order chi connectivity index (χ0) is 14.7. The SMILES string of the molecule is NC(=O)CN(c1ccc(C(N)=S)cc1F)C1CCCC1. The topological polar surface area (TPSA) is 72.4 Å². The van der Waals surface area contributed by atoms with Gasteiger partial charge in [0.05, 0.1) is 12.2 Å². The van der Waals surface area contributed by atoms with E-state index in [4.69, 9.17) is 23.7 Å². The molecule has 4 N–H and O–H groups in total. The van der Waals surface area contributed by atoms with E-state index in [0.717, 1.165) is 25.7 Å². The molecule has 20 heavy (non-hydrogen) atoms. The van der Waals surface area contributed by atoms with E-state index in [-0.39, 0.29) is 17.6 Å². The van der Waals surface area contributed by atoms with E-state index >= 15 is 0 Å². The predicted octanol–water partition coefficient (Wildman–Crippen LogP) is 1.69. The highest BCUT2D eigenvalue weighted by Crippen LogP contribution is 2.30. The van der Waals surface area contributed by atoms with Crippen molar-refractivity contribution in [3.8, 4) is 0 Å². The van der Waals surface area contributed by atoms with Gasteiger partial charge in [-0.05, 0) is 31.0 Å². The number of halogens is 1. The van der Waals surface area contributed by atoms with E-state index in [1.807, 2.05) is 0 Å². The smallest absolute Gasteiger partial charge is 0.236 e. The zero-order valence-electron chi connectivity index (χ0n) is 11.1. The van der Waals surface area contributed by atoms with E-state index in [1.54, 1.807) is 17.0 Å². The van der Waals surface area contributed by atoms with Gasteiger partial charge in [0, 0.05) is 11.6 Å². The summed E-state index contributed by atoms with van der Waals surface area (Å²) in [5.41, 5.74) is 11.6. The average molecular weight is 295 g/mol. The van der Waals surface area contributed by atoms with Gasteiger partial charge < -0.3 is 16.4 Å². The van der Waals surface area contributed by atoms with Crippen LogP contribution in [0.3, 0.4) is 0 Å². The molecule has 1 aromatic carbocycles. The second-order valence-corrected chi connectivity index (χ2v) is 5.50. The number of carbonyl (C=O) groups is 1. The van der Waals surface area contributed by atoms with E-state index in [9.17, 15) is 9.18 Å². The lowest BCUT2D eigenvalue weighted by atomic mass is 10.1. The molecule has 1 amide bonds. The molecule has 0 radical (unpaired) electrons. The summed E-state index contributed by atoms with van der Waals surface area (Å²) >= 11 is 4.83. The van der Waals surface area contributed by atoms with Crippen LogP contribution in [-0.4, -0.2) is 23.5 Å². The molecule has 6 heteroatoms. The molecule has 0 spiro atoms. The number of carbonyl (C=O) groups excluding carboxylic acids is 1. The van der Waals surface area contributed by atoms with Crippen molar-refractivity contribution in [1.29, 1.82) is 0 Å². The largest absolute Gasteiger partial charge is 0.389 e. The third-order valence-corrected chi connectivity index (χ3v) is 3.87. The van der Waals surface area contributed by atoms with Gasteiger partial charge in [-0.2, -0.15) is 0 Å². The van der Waals surface area contributed by atoms with Crippen molar-refractivity contribution in [3.63, 3.8) is 0 Å². The molecule has 2 rings (SSSR count). The number of hydrogen-bond acceptors (Lipinski definition) is 3. The first kappa shape index (κ1) is 14.7. The second kappa shape index (κ2) is 6.17. The average Bonchev–Trinajstić information content (AvgIpc) is 2.89. The minimum atomic E-state index is -0.463. The lowest BCUT2D eigenvalue weighted by molar-refractivity contribution is -0.116. The molecular formula is C14H18FN3OS. The third kappa shape index (κ3) is 3.25. The van der Waals surface area contributed by atoms with Crippen molar-refractivity contribution in [3.05, 3.63) is 29.6 Å². The highest BCUT2D eigenvalue weighted by atomic mass is 32.1. The fourth-order valence-electron chi connectivity index (χ4n) is 2.69. The molecule has 108 valence electrons. The van der Waals surface area contributed by atoms with E-state index < -0.39 is 11.7 Å². The van der Waals surface area contributed by atoms with Crippen LogP contribution in [-0.2, 0) is 4.79 Å². The molecule has 1 aliphatic rings. The molecule has 0 heterocycles. The van der Waals surface area contributed by atoms with Crippen molar-refractivity contribution in [2.45, 2.75) is 31.7 Å². The highest BCUT2D eigenvalue weighted by molar-refractivity contribution is 7.80. The Bertz CT molecular complexity index is 529. The number of primary amides is 1. The summed E-state index contributed by atoms with van der Waals surface area (Å²) in [6.45, 7) is 0.0218. The second-order valence-electron chi connectivity index (χ2n) is 5.06. The molecule has 0 aliphatic heterocycles. The van der Waals surface area contributed by atoms with Gasteiger partial charge in [-0.15, -0.1) is 0 Å². The maximum absolute atomic E-state index is 14.3. The Morgan fingerprint density at radius 2 is 2.00 bits per heavy atom. The Kier molecular flexibility index (Phi) is 4.54. The number of anilines is 1. The van der Waals surface area contributed by atoms with Crippen molar-refractivity contribution < 1.29 is 9.18 Å². The first-order valence-electron chi connectivity index (χ1n) is 6.63. The minimum absolute atomic E-state index is 0.0218. The summed E-state index contributed by atoms with van der Waals surface area (Å²) in [6, 6.07) is 4.75. The predicted molar refractivity (Wildman–Crippen MR) is 81.1 cm³/mol. The van der Waals surface area contributed by atoms with E-state index in [2.05, 4.69) is 0 Å². The summed E-state index contributed by atoms with van der Waals surface area (Å²) in [5, 5.41) is 0. The summed E-state index contributed by atoms with van der Waals surface area (Å²) in [5.74, 6) is -0.891. The summed E-state index contributed by atoms with van der Waals surface area (Å²) < 4.78 is 14.3. The minimum Gasteiger partial charge on any atom is -0.389 e. The maximum Gasteiger partial charge on any atom is 0.236 e. The van der Waals surface area contributed by atoms with Crippen LogP contribution in [0.4, 0.5) is 10.1 Å². The Morgan fingerprint density at radius 1 is 1.35 bits per heavy atom. The normalized spacial score (nSPS) is 15.2. The first-order chi connectivity index (χ1) is 9.49. The van der Waals surface area contributed by atoms with Gasteiger partial charge in [-0.3, -0.25) is 4.79 Å². The number of amides is 1. The van der Waals surface area contributed by atoms with Crippen molar-refractivity contribution >= 4 is 28.8 Å². The Balaban J connectivity index is 2.32. The molecule has 0 bridgehead atoms. The van der Waals surface area contributed by atoms with Crippen LogP contribution in [0.1, 0.15) is 31.2 Å². The molecule has 0 unspecified atom stereocenters. The van der Waals surface area contributed by atoms with Crippen LogP contribution >= 0.6 is 12.2 Å². The number of hydrogen-bond donors (Lipinski definition) is 2. The van der Waals surface area contributed by atoms with Gasteiger partial charge in [0.2, 0.25) is 5.91 Å². The molecular weight excluding hydrogens is 277 g/mol. The van der Waals surface area contributed by atoms with Crippen LogP contribution in [0.5, 0.6) is 0 Å². The molecule has 1 aliphatic carbocycles. The molecule has 1 aromatic rings. The molecule has 1 fully saturated rings. The standard InChI is InChI=1S/C14H18FN3OS/c15-11-7-9(14(17)20)5-6-12(11)18(8-13(16)19)10-3-1-2-4-10/h5-7,10H,1-4,8H2,(H2,16,19)(H2,17,20). The van der Waals surface area contributed by atoms with Gasteiger partial charge in [-0.25, -0.2) is 4.39 Å². The third-order valence-electron chi connectivity index (χ3n) is 3.63. The Morgan fingerprint density at radius 3 is 2.50 bits per heavy atom. The molecule has 1 saturated carbocycles. The van der Waals surface area contributed by atoms with Gasteiger partial charge >= 0.3 is 0 Å². The Labute approximate surface area is 122 Å². The molecule has 0 atom stereocenters. The number of rotatable bonds is 5. The molecule has 4 nitrogen and oxygen atoms in total. The van der Waals surface area contributed by atoms with Crippen molar-refractivity contribution in [2.75, 3.05) is 11.4 Å². The van der Waals surface area contributed by atoms with E-state index in [0.29, 0.717) is 11.3 Å². The van der Waals surface area contributed by atoms with Crippen LogP contribution in [0.2, 0.25) is 0 Å². The highest BCUT2D eigenvalue weighted by Gasteiger charge is 2.26. The van der Waals surface area contributed by atoms with Crippen molar-refractivity contribution in [1.82, 2.24) is 0 Å². The first-order valence-corrected chi connectivity index (χ1v) is 7.04. The maximum atomic E-state index is 14.3. The number of benzene rings is 1. The van der Waals surface area contributed by atoms with Gasteiger partial charge in [-0.1, -0.05) is 25.1 Å². The Hall–Kier alpha value is -1.69. The lowest BCUT2D eigenvalue weighted by Crippen LogP contribution is -2.40. The number of thiocarbonyl (C=S) groups is 1. The quantitative estimate of drug-likeness (QED) is 0.811. The zero-order valence-corrected chi connectivity index (χ0v) is 12.0. The molecule has 0 saturated heterocycles. The summed E-state index contributed by atoms with van der Waals surface area (Å²) in [7, 11) is 0. The van der Waals surface area contributed by atoms with E-state index in [1.165, 1.54) is 6.07 Å². The monoisotopic (exact) mass is 295 g/mol. The van der Waals surface area contributed by atoms with Gasteiger partial charge in [0.25, 0.3) is 0 Å². The number of nitrogens with zero attached hydrogens (tertiary/aromatic N) is 1. The fraction of sp³-hybridized carbons (Fsp3) is 0.429.